The van der Waals surface area contributed by atoms with Crippen molar-refractivity contribution in [2.75, 3.05) is 25.6 Å². The van der Waals surface area contributed by atoms with E-state index in [9.17, 15) is 0 Å². The fourth-order valence-corrected chi connectivity index (χ4v) is 0.877. The van der Waals surface area contributed by atoms with Gasteiger partial charge in [0.25, 0.3) is 0 Å². The Morgan fingerprint density at radius 2 is 2.31 bits per heavy atom. The lowest BCUT2D eigenvalue weighted by Crippen LogP contribution is -2.19. The minimum Gasteiger partial charge on any atom is -0.394 e. The Bertz CT molecular complexity index is 277. The van der Waals surface area contributed by atoms with E-state index in [1.165, 1.54) is 0 Å². The molecule has 1 rings (SSSR count). The molecule has 72 valence electrons. The van der Waals surface area contributed by atoms with Crippen LogP contribution in [0.2, 0.25) is 0 Å². The van der Waals surface area contributed by atoms with Gasteiger partial charge in [0.2, 0.25) is 5.95 Å². The summed E-state index contributed by atoms with van der Waals surface area (Å²) in [6, 6.07) is 1.27. The molecule has 3 N–H and O–H groups in total. The average Bonchev–Trinajstić information content (AvgIpc) is 2.17. The first-order valence-corrected chi connectivity index (χ1v) is 4.02. The van der Waals surface area contributed by atoms with Crippen molar-refractivity contribution in [1.29, 1.82) is 0 Å². The van der Waals surface area contributed by atoms with E-state index in [-0.39, 0.29) is 6.61 Å². The van der Waals surface area contributed by atoms with E-state index in [0.29, 0.717) is 11.6 Å². The molecule has 0 saturated heterocycles. The molecule has 0 aromatic carbocycles. The highest BCUT2D eigenvalue weighted by Gasteiger charge is 2.07. The number of rotatable bonds is 3. The maximum atomic E-state index is 8.82. The number of aromatic nitrogens is 2. The molecule has 1 aromatic rings. The molecule has 0 saturated carbocycles. The topological polar surface area (TPSA) is 75.3 Å². The number of hydrogen-bond acceptors (Lipinski definition) is 5. The lowest BCUT2D eigenvalue weighted by atomic mass is 10.2. The molecular formula is C8H14N4O. The van der Waals surface area contributed by atoms with E-state index in [1.54, 1.807) is 17.2 Å². The minimum absolute atomic E-state index is 0.107. The molecule has 0 aliphatic rings. The molecule has 1 aromatic heterocycles. The molecule has 0 amide bonds. The van der Waals surface area contributed by atoms with Crippen molar-refractivity contribution in [3.63, 3.8) is 0 Å². The predicted octanol–water partition coefficient (Wildman–Crippen LogP) is -0.465. The standard InChI is InChI=1S/C8H14N4O/c1-12(2)8-10-4-3-7(11-8)6(9)5-13/h3-4,6,13H,5,9H2,1-2H3. The van der Waals surface area contributed by atoms with Gasteiger partial charge in [-0.1, -0.05) is 0 Å². The van der Waals surface area contributed by atoms with E-state index in [0.717, 1.165) is 0 Å². The zero-order chi connectivity index (χ0) is 9.84. The molecule has 5 nitrogen and oxygen atoms in total. The quantitative estimate of drug-likeness (QED) is 0.661. The van der Waals surface area contributed by atoms with Crippen LogP contribution in [0, 0.1) is 0 Å². The SMILES string of the molecule is CN(C)c1nccc(C(N)CO)n1. The summed E-state index contributed by atoms with van der Waals surface area (Å²) in [5.41, 5.74) is 6.26. The van der Waals surface area contributed by atoms with Crippen molar-refractivity contribution < 1.29 is 5.11 Å². The van der Waals surface area contributed by atoms with Gasteiger partial charge >= 0.3 is 0 Å². The highest BCUT2D eigenvalue weighted by atomic mass is 16.3. The lowest BCUT2D eigenvalue weighted by Gasteiger charge is -2.12. The summed E-state index contributed by atoms with van der Waals surface area (Å²) in [5, 5.41) is 8.82. The Morgan fingerprint density at radius 1 is 1.62 bits per heavy atom. The van der Waals surface area contributed by atoms with Gasteiger partial charge in [-0.2, -0.15) is 0 Å². The van der Waals surface area contributed by atoms with Gasteiger partial charge in [0.05, 0.1) is 18.3 Å². The first-order chi connectivity index (χ1) is 6.15. The highest BCUT2D eigenvalue weighted by Crippen LogP contribution is 2.09. The molecule has 0 spiro atoms. The van der Waals surface area contributed by atoms with Crippen molar-refractivity contribution in [2.24, 2.45) is 5.73 Å². The minimum atomic E-state index is -0.429. The van der Waals surface area contributed by atoms with Crippen LogP contribution in [0.25, 0.3) is 0 Å². The van der Waals surface area contributed by atoms with Gasteiger partial charge in [-0.15, -0.1) is 0 Å². The Balaban J connectivity index is 2.91. The Morgan fingerprint density at radius 3 is 2.85 bits per heavy atom. The second kappa shape index (κ2) is 4.15. The molecule has 0 fully saturated rings. The summed E-state index contributed by atoms with van der Waals surface area (Å²) in [6.07, 6.45) is 1.63. The monoisotopic (exact) mass is 182 g/mol. The number of nitrogens with two attached hydrogens (primary N) is 1. The molecule has 1 heterocycles. The first kappa shape index (κ1) is 9.88. The Hall–Kier alpha value is -1.20. The van der Waals surface area contributed by atoms with Crippen LogP contribution in [-0.2, 0) is 0 Å². The van der Waals surface area contributed by atoms with E-state index < -0.39 is 6.04 Å². The third kappa shape index (κ3) is 2.37. The number of aliphatic hydroxyl groups excluding tert-OH is 1. The number of anilines is 1. The maximum Gasteiger partial charge on any atom is 0.225 e. The average molecular weight is 182 g/mol. The van der Waals surface area contributed by atoms with Gasteiger partial charge in [-0.25, -0.2) is 9.97 Å². The van der Waals surface area contributed by atoms with Crippen LogP contribution in [0.15, 0.2) is 12.3 Å². The second-order valence-electron chi connectivity index (χ2n) is 2.97. The van der Waals surface area contributed by atoms with Crippen LogP contribution in [0.3, 0.4) is 0 Å². The van der Waals surface area contributed by atoms with E-state index in [2.05, 4.69) is 9.97 Å². The second-order valence-corrected chi connectivity index (χ2v) is 2.97. The van der Waals surface area contributed by atoms with E-state index in [4.69, 9.17) is 10.8 Å². The molecule has 0 aliphatic carbocycles. The van der Waals surface area contributed by atoms with Crippen molar-refractivity contribution in [1.82, 2.24) is 9.97 Å². The van der Waals surface area contributed by atoms with Crippen molar-refractivity contribution in [2.45, 2.75) is 6.04 Å². The fraction of sp³-hybridized carbons (Fsp3) is 0.500. The maximum absolute atomic E-state index is 8.82. The van der Waals surface area contributed by atoms with Gasteiger partial charge in [-0.3, -0.25) is 0 Å². The zero-order valence-corrected chi connectivity index (χ0v) is 7.81. The van der Waals surface area contributed by atoms with Gasteiger partial charge < -0.3 is 15.7 Å². The molecule has 0 bridgehead atoms. The number of hydrogen-bond donors (Lipinski definition) is 2. The van der Waals surface area contributed by atoms with Crippen molar-refractivity contribution in [3.05, 3.63) is 18.0 Å². The summed E-state index contributed by atoms with van der Waals surface area (Å²) in [4.78, 5) is 9.99. The van der Waals surface area contributed by atoms with Crippen LogP contribution in [0.5, 0.6) is 0 Å². The number of nitrogens with zero attached hydrogens (tertiary/aromatic N) is 3. The zero-order valence-electron chi connectivity index (χ0n) is 7.81. The highest BCUT2D eigenvalue weighted by molar-refractivity contribution is 5.27. The van der Waals surface area contributed by atoms with Crippen LogP contribution in [0.1, 0.15) is 11.7 Å². The van der Waals surface area contributed by atoms with Crippen molar-refractivity contribution >= 4 is 5.95 Å². The van der Waals surface area contributed by atoms with Crippen LogP contribution in [-0.4, -0.2) is 35.8 Å². The van der Waals surface area contributed by atoms with Crippen molar-refractivity contribution in [3.8, 4) is 0 Å². The summed E-state index contributed by atoms with van der Waals surface area (Å²) in [7, 11) is 3.70. The van der Waals surface area contributed by atoms with Crippen LogP contribution in [0.4, 0.5) is 5.95 Å². The van der Waals surface area contributed by atoms with Gasteiger partial charge in [0.15, 0.2) is 0 Å². The number of aliphatic hydroxyl groups is 1. The van der Waals surface area contributed by atoms with Gasteiger partial charge in [0.1, 0.15) is 0 Å². The van der Waals surface area contributed by atoms with Gasteiger partial charge in [0, 0.05) is 20.3 Å². The van der Waals surface area contributed by atoms with Crippen LogP contribution < -0.4 is 10.6 Å². The third-order valence-electron chi connectivity index (χ3n) is 1.64. The summed E-state index contributed by atoms with van der Waals surface area (Å²) < 4.78 is 0. The summed E-state index contributed by atoms with van der Waals surface area (Å²) >= 11 is 0. The molecule has 1 atom stereocenters. The first-order valence-electron chi connectivity index (χ1n) is 4.02. The molecule has 1 unspecified atom stereocenters. The fourth-order valence-electron chi connectivity index (χ4n) is 0.877. The largest absolute Gasteiger partial charge is 0.394 e. The Kier molecular flexibility index (Phi) is 3.16. The summed E-state index contributed by atoms with van der Waals surface area (Å²) in [5.74, 6) is 0.599. The Labute approximate surface area is 77.2 Å². The molecular weight excluding hydrogens is 168 g/mol. The van der Waals surface area contributed by atoms with Gasteiger partial charge in [-0.05, 0) is 6.07 Å². The normalized spacial score (nSPS) is 12.6. The molecule has 13 heavy (non-hydrogen) atoms. The molecule has 5 heteroatoms. The molecule has 0 aliphatic heterocycles. The predicted molar refractivity (Wildman–Crippen MR) is 50.4 cm³/mol. The van der Waals surface area contributed by atoms with Crippen LogP contribution >= 0.6 is 0 Å². The lowest BCUT2D eigenvalue weighted by molar-refractivity contribution is 0.266. The smallest absolute Gasteiger partial charge is 0.225 e. The van der Waals surface area contributed by atoms with E-state index >= 15 is 0 Å². The summed E-state index contributed by atoms with van der Waals surface area (Å²) in [6.45, 7) is -0.107. The van der Waals surface area contributed by atoms with E-state index in [1.807, 2.05) is 14.1 Å². The third-order valence-corrected chi connectivity index (χ3v) is 1.64. The molecule has 0 radical (unpaired) electrons.